The second kappa shape index (κ2) is 9.46. The molecule has 2 aromatic rings. The van der Waals surface area contributed by atoms with Crippen molar-refractivity contribution in [1.82, 2.24) is 5.32 Å². The standard InChI is InChI=1S/C20H23NO5/c1-14-7-8-15(2)18(9-14)25-13-20(23)26-12-19(22)21-11-16-5-4-6-17(10-16)24-3/h4-10H,11-13H2,1-3H3,(H,21,22). The van der Waals surface area contributed by atoms with Gasteiger partial charge in [0.25, 0.3) is 5.91 Å². The van der Waals surface area contributed by atoms with Crippen molar-refractivity contribution in [2.75, 3.05) is 20.3 Å². The van der Waals surface area contributed by atoms with Crippen LogP contribution in [0, 0.1) is 13.8 Å². The van der Waals surface area contributed by atoms with Crippen molar-refractivity contribution in [2.45, 2.75) is 20.4 Å². The lowest BCUT2D eigenvalue weighted by Gasteiger charge is -2.10. The Morgan fingerprint density at radius 3 is 2.62 bits per heavy atom. The minimum Gasteiger partial charge on any atom is -0.497 e. The molecule has 0 aliphatic heterocycles. The van der Waals surface area contributed by atoms with E-state index in [-0.39, 0.29) is 19.1 Å². The van der Waals surface area contributed by atoms with E-state index in [2.05, 4.69) is 5.32 Å². The van der Waals surface area contributed by atoms with E-state index >= 15 is 0 Å². The molecule has 0 atom stereocenters. The van der Waals surface area contributed by atoms with Crippen molar-refractivity contribution in [1.29, 1.82) is 0 Å². The SMILES string of the molecule is COc1cccc(CNC(=O)COC(=O)COc2cc(C)ccc2C)c1. The van der Waals surface area contributed by atoms with Crippen molar-refractivity contribution >= 4 is 11.9 Å². The number of aryl methyl sites for hydroxylation is 2. The van der Waals surface area contributed by atoms with Crippen LogP contribution in [0.2, 0.25) is 0 Å². The molecule has 0 radical (unpaired) electrons. The number of benzene rings is 2. The number of rotatable bonds is 8. The molecular weight excluding hydrogens is 334 g/mol. The molecule has 6 heteroatoms. The fourth-order valence-electron chi connectivity index (χ4n) is 2.22. The first kappa shape index (κ1) is 19.3. The molecule has 0 aliphatic rings. The van der Waals surface area contributed by atoms with Gasteiger partial charge in [-0.2, -0.15) is 0 Å². The summed E-state index contributed by atoms with van der Waals surface area (Å²) in [5.74, 6) is 0.367. The van der Waals surface area contributed by atoms with Crippen molar-refractivity contribution in [2.24, 2.45) is 0 Å². The molecule has 138 valence electrons. The maximum atomic E-state index is 11.8. The van der Waals surface area contributed by atoms with Gasteiger partial charge in [-0.1, -0.05) is 24.3 Å². The van der Waals surface area contributed by atoms with Gasteiger partial charge in [-0.05, 0) is 48.7 Å². The van der Waals surface area contributed by atoms with E-state index in [1.54, 1.807) is 7.11 Å². The van der Waals surface area contributed by atoms with Crippen molar-refractivity contribution in [3.05, 3.63) is 59.2 Å². The molecule has 0 saturated heterocycles. The highest BCUT2D eigenvalue weighted by atomic mass is 16.6. The zero-order valence-electron chi connectivity index (χ0n) is 15.2. The van der Waals surface area contributed by atoms with E-state index < -0.39 is 5.97 Å². The summed E-state index contributed by atoms with van der Waals surface area (Å²) in [6.07, 6.45) is 0. The fraction of sp³-hybridized carbons (Fsp3) is 0.300. The summed E-state index contributed by atoms with van der Waals surface area (Å²) in [7, 11) is 1.58. The van der Waals surface area contributed by atoms with E-state index in [1.165, 1.54) is 0 Å². The van der Waals surface area contributed by atoms with Gasteiger partial charge >= 0.3 is 5.97 Å². The molecule has 2 rings (SSSR count). The highest BCUT2D eigenvalue weighted by Gasteiger charge is 2.09. The number of nitrogens with one attached hydrogen (secondary N) is 1. The zero-order valence-corrected chi connectivity index (χ0v) is 15.2. The number of esters is 1. The predicted molar refractivity (Wildman–Crippen MR) is 97.2 cm³/mol. The Labute approximate surface area is 153 Å². The highest BCUT2D eigenvalue weighted by Crippen LogP contribution is 2.18. The molecule has 0 heterocycles. The van der Waals surface area contributed by atoms with Crippen molar-refractivity contribution in [3.8, 4) is 11.5 Å². The van der Waals surface area contributed by atoms with Gasteiger partial charge in [0.2, 0.25) is 0 Å². The number of amides is 1. The summed E-state index contributed by atoms with van der Waals surface area (Å²) in [6.45, 7) is 3.57. The van der Waals surface area contributed by atoms with Gasteiger partial charge in [0.1, 0.15) is 11.5 Å². The van der Waals surface area contributed by atoms with E-state index in [9.17, 15) is 9.59 Å². The van der Waals surface area contributed by atoms with E-state index in [1.807, 2.05) is 56.3 Å². The lowest BCUT2D eigenvalue weighted by Crippen LogP contribution is -2.29. The second-order valence-electron chi connectivity index (χ2n) is 5.85. The molecule has 6 nitrogen and oxygen atoms in total. The number of methoxy groups -OCH3 is 1. The Morgan fingerprint density at radius 1 is 1.04 bits per heavy atom. The predicted octanol–water partition coefficient (Wildman–Crippen LogP) is 2.55. The summed E-state index contributed by atoms with van der Waals surface area (Å²) in [4.78, 5) is 23.5. The van der Waals surface area contributed by atoms with Crippen LogP contribution in [0.5, 0.6) is 11.5 Å². The molecule has 0 spiro atoms. The zero-order chi connectivity index (χ0) is 18.9. The van der Waals surface area contributed by atoms with Crippen molar-refractivity contribution in [3.63, 3.8) is 0 Å². The number of ether oxygens (including phenoxy) is 3. The van der Waals surface area contributed by atoms with Crippen LogP contribution < -0.4 is 14.8 Å². The van der Waals surface area contributed by atoms with Gasteiger partial charge in [-0.25, -0.2) is 4.79 Å². The van der Waals surface area contributed by atoms with Gasteiger partial charge in [0.05, 0.1) is 7.11 Å². The number of carbonyl (C=O) groups excluding carboxylic acids is 2. The van der Waals surface area contributed by atoms with E-state index in [0.717, 1.165) is 16.7 Å². The van der Waals surface area contributed by atoms with Gasteiger partial charge in [0.15, 0.2) is 13.2 Å². The Hall–Kier alpha value is -3.02. The third kappa shape index (κ3) is 6.12. The quantitative estimate of drug-likeness (QED) is 0.735. The molecule has 1 amide bonds. The highest BCUT2D eigenvalue weighted by molar-refractivity contribution is 5.80. The van der Waals surface area contributed by atoms with Crippen LogP contribution in [0.3, 0.4) is 0 Å². The van der Waals surface area contributed by atoms with Crippen LogP contribution in [0.25, 0.3) is 0 Å². The molecule has 0 aliphatic carbocycles. The summed E-state index contributed by atoms with van der Waals surface area (Å²) < 4.78 is 15.5. The normalized spacial score (nSPS) is 10.1. The number of hydrogen-bond acceptors (Lipinski definition) is 5. The average Bonchev–Trinajstić information content (AvgIpc) is 2.65. The summed E-state index contributed by atoms with van der Waals surface area (Å²) >= 11 is 0. The number of hydrogen-bond donors (Lipinski definition) is 1. The molecule has 0 saturated carbocycles. The number of carbonyl (C=O) groups is 2. The van der Waals surface area contributed by atoms with Crippen molar-refractivity contribution < 1.29 is 23.8 Å². The molecule has 26 heavy (non-hydrogen) atoms. The molecule has 0 aromatic heterocycles. The summed E-state index contributed by atoms with van der Waals surface area (Å²) in [6, 6.07) is 13.1. The largest absolute Gasteiger partial charge is 0.497 e. The van der Waals surface area contributed by atoms with Gasteiger partial charge < -0.3 is 19.5 Å². The molecule has 0 fully saturated rings. The van der Waals surface area contributed by atoms with Crippen LogP contribution >= 0.6 is 0 Å². The van der Waals surface area contributed by atoms with Crippen LogP contribution in [-0.2, 0) is 20.9 Å². The van der Waals surface area contributed by atoms with Crippen LogP contribution in [0.4, 0.5) is 0 Å². The van der Waals surface area contributed by atoms with Gasteiger partial charge in [0, 0.05) is 6.54 Å². The average molecular weight is 357 g/mol. The Bertz CT molecular complexity index is 773. The van der Waals surface area contributed by atoms with Crippen LogP contribution in [-0.4, -0.2) is 32.2 Å². The lowest BCUT2D eigenvalue weighted by molar-refractivity contribution is -0.150. The van der Waals surface area contributed by atoms with Gasteiger partial charge in [-0.15, -0.1) is 0 Å². The molecule has 1 N–H and O–H groups in total. The molecule has 0 bridgehead atoms. The molecule has 2 aromatic carbocycles. The maximum Gasteiger partial charge on any atom is 0.344 e. The van der Waals surface area contributed by atoms with Crippen LogP contribution in [0.15, 0.2) is 42.5 Å². The van der Waals surface area contributed by atoms with E-state index in [0.29, 0.717) is 18.0 Å². The third-order valence-corrected chi connectivity index (χ3v) is 3.68. The Morgan fingerprint density at radius 2 is 1.85 bits per heavy atom. The fourth-order valence-corrected chi connectivity index (χ4v) is 2.22. The Balaban J connectivity index is 1.71. The minimum atomic E-state index is -0.595. The van der Waals surface area contributed by atoms with Crippen LogP contribution in [0.1, 0.15) is 16.7 Å². The minimum absolute atomic E-state index is 0.243. The first-order chi connectivity index (χ1) is 12.5. The second-order valence-corrected chi connectivity index (χ2v) is 5.85. The monoisotopic (exact) mass is 357 g/mol. The summed E-state index contributed by atoms with van der Waals surface area (Å²) in [5, 5.41) is 2.68. The van der Waals surface area contributed by atoms with Gasteiger partial charge in [-0.3, -0.25) is 4.79 Å². The maximum absolute atomic E-state index is 11.8. The molecular formula is C20H23NO5. The lowest BCUT2D eigenvalue weighted by atomic mass is 10.1. The first-order valence-electron chi connectivity index (χ1n) is 8.23. The van der Waals surface area contributed by atoms with E-state index in [4.69, 9.17) is 14.2 Å². The summed E-state index contributed by atoms with van der Waals surface area (Å²) in [5.41, 5.74) is 2.86. The first-order valence-corrected chi connectivity index (χ1v) is 8.23. The topological polar surface area (TPSA) is 73.9 Å². The third-order valence-electron chi connectivity index (χ3n) is 3.68. The smallest absolute Gasteiger partial charge is 0.344 e. The molecule has 0 unspecified atom stereocenters. The Kier molecular flexibility index (Phi) is 7.02.